The number of thioether (sulfide) groups is 1. The first-order valence-electron chi connectivity index (χ1n) is 6.56. The van der Waals surface area contributed by atoms with Gasteiger partial charge in [0.15, 0.2) is 0 Å². The van der Waals surface area contributed by atoms with E-state index in [1.54, 1.807) is 30.0 Å². The second kappa shape index (κ2) is 6.13. The Morgan fingerprint density at radius 3 is 2.81 bits per heavy atom. The molecule has 1 aromatic heterocycles. The van der Waals surface area contributed by atoms with Gasteiger partial charge < -0.3 is 14.4 Å². The largest absolute Gasteiger partial charge is 0.396 e. The first kappa shape index (κ1) is 14.5. The van der Waals surface area contributed by atoms with Gasteiger partial charge in [-0.05, 0) is 12.1 Å². The highest BCUT2D eigenvalue weighted by Gasteiger charge is 2.37. The minimum atomic E-state index is -0.372. The third kappa shape index (κ3) is 3.09. The van der Waals surface area contributed by atoms with Gasteiger partial charge in [0.25, 0.3) is 0 Å². The van der Waals surface area contributed by atoms with Crippen LogP contribution in [-0.2, 0) is 10.5 Å². The molecule has 2 aromatic rings. The molecule has 0 saturated carbocycles. The zero-order valence-electron chi connectivity index (χ0n) is 11.3. The summed E-state index contributed by atoms with van der Waals surface area (Å²) in [6.45, 7) is 1.28. The molecule has 1 fully saturated rings. The molecule has 3 rings (SSSR count). The molecule has 7 heteroatoms. The summed E-state index contributed by atoms with van der Waals surface area (Å²) in [6, 6.07) is 6.32. The molecular formula is C14H15FN2O3S. The third-order valence-electron chi connectivity index (χ3n) is 3.37. The molecule has 1 aromatic carbocycles. The van der Waals surface area contributed by atoms with Crippen molar-refractivity contribution in [3.63, 3.8) is 0 Å². The number of aliphatic hydroxyl groups excluding tert-OH is 1. The fourth-order valence-electron chi connectivity index (χ4n) is 2.03. The Morgan fingerprint density at radius 2 is 2.14 bits per heavy atom. The lowest BCUT2D eigenvalue weighted by Crippen LogP contribution is -2.47. The molecule has 0 amide bonds. The molecule has 1 saturated heterocycles. The number of aliphatic hydroxyl groups is 1. The standard InChI is InChI=1S/C14H15FN2O3S/c15-11-4-2-1-3-10(11)13-16-12(20-17-13)5-21-9-14(6-18)7-19-8-14/h1-4,18H,5-9H2. The molecule has 1 aliphatic heterocycles. The monoisotopic (exact) mass is 310 g/mol. The van der Waals surface area contributed by atoms with Crippen LogP contribution in [0.25, 0.3) is 11.4 Å². The van der Waals surface area contributed by atoms with E-state index in [-0.39, 0.29) is 23.7 Å². The topological polar surface area (TPSA) is 68.4 Å². The second-order valence-electron chi connectivity index (χ2n) is 5.14. The minimum Gasteiger partial charge on any atom is -0.396 e. The molecule has 0 radical (unpaired) electrons. The van der Waals surface area contributed by atoms with Crippen LogP contribution in [0.3, 0.4) is 0 Å². The minimum absolute atomic E-state index is 0.115. The molecule has 0 atom stereocenters. The van der Waals surface area contributed by atoms with Crippen molar-refractivity contribution < 1.29 is 18.8 Å². The summed E-state index contributed by atoms with van der Waals surface area (Å²) in [6.07, 6.45) is 0. The van der Waals surface area contributed by atoms with Gasteiger partial charge in [-0.15, -0.1) is 0 Å². The maximum Gasteiger partial charge on any atom is 0.236 e. The van der Waals surface area contributed by atoms with Crippen LogP contribution in [0.15, 0.2) is 28.8 Å². The predicted octanol–water partition coefficient (Wildman–Crippen LogP) is 2.12. The number of rotatable bonds is 6. The summed E-state index contributed by atoms with van der Waals surface area (Å²) in [5.74, 6) is 1.63. The number of benzene rings is 1. The Hall–Kier alpha value is -1.44. The van der Waals surface area contributed by atoms with Gasteiger partial charge in [-0.3, -0.25) is 0 Å². The Kier molecular flexibility index (Phi) is 4.23. The summed E-state index contributed by atoms with van der Waals surface area (Å²) >= 11 is 1.60. The lowest BCUT2D eigenvalue weighted by atomic mass is 9.90. The van der Waals surface area contributed by atoms with Crippen LogP contribution in [0, 0.1) is 11.2 Å². The maximum atomic E-state index is 13.6. The summed E-state index contributed by atoms with van der Waals surface area (Å²) in [5, 5.41) is 13.1. The van der Waals surface area contributed by atoms with Gasteiger partial charge in [0.05, 0.1) is 31.1 Å². The number of ether oxygens (including phenoxy) is 1. The number of aromatic nitrogens is 2. The molecule has 0 spiro atoms. The van der Waals surface area contributed by atoms with E-state index in [1.165, 1.54) is 6.07 Å². The average Bonchev–Trinajstić information content (AvgIpc) is 2.91. The van der Waals surface area contributed by atoms with Crippen LogP contribution in [0.1, 0.15) is 5.89 Å². The molecule has 21 heavy (non-hydrogen) atoms. The fraction of sp³-hybridized carbons (Fsp3) is 0.429. The van der Waals surface area contributed by atoms with Gasteiger partial charge in [0.1, 0.15) is 5.82 Å². The van der Waals surface area contributed by atoms with Crippen molar-refractivity contribution in [2.45, 2.75) is 5.75 Å². The predicted molar refractivity (Wildman–Crippen MR) is 76.2 cm³/mol. The Balaban J connectivity index is 1.59. The van der Waals surface area contributed by atoms with E-state index < -0.39 is 0 Å². The molecule has 2 heterocycles. The van der Waals surface area contributed by atoms with Gasteiger partial charge in [0.2, 0.25) is 11.7 Å². The summed E-state index contributed by atoms with van der Waals surface area (Å²) < 4.78 is 23.9. The first-order valence-corrected chi connectivity index (χ1v) is 7.72. The number of nitrogens with zero attached hydrogens (tertiary/aromatic N) is 2. The lowest BCUT2D eigenvalue weighted by Gasteiger charge is -2.39. The molecular weight excluding hydrogens is 295 g/mol. The lowest BCUT2D eigenvalue weighted by molar-refractivity contribution is -0.121. The highest BCUT2D eigenvalue weighted by Crippen LogP contribution is 2.32. The number of halogens is 1. The third-order valence-corrected chi connectivity index (χ3v) is 4.64. The molecule has 112 valence electrons. The SMILES string of the molecule is OCC1(CSCc2nc(-c3ccccc3F)no2)COC1. The average molecular weight is 310 g/mol. The smallest absolute Gasteiger partial charge is 0.236 e. The first-order chi connectivity index (χ1) is 10.2. The van der Waals surface area contributed by atoms with E-state index in [9.17, 15) is 9.50 Å². The molecule has 1 N–H and O–H groups in total. The highest BCUT2D eigenvalue weighted by atomic mass is 32.2. The zero-order valence-corrected chi connectivity index (χ0v) is 12.1. The van der Waals surface area contributed by atoms with Gasteiger partial charge in [-0.25, -0.2) is 4.39 Å². The summed E-state index contributed by atoms with van der Waals surface area (Å²) in [5.41, 5.74) is 0.190. The Morgan fingerprint density at radius 1 is 1.33 bits per heavy atom. The Labute approximate surface area is 125 Å². The molecule has 1 aliphatic rings. The van der Waals surface area contributed by atoms with Crippen molar-refractivity contribution in [3.05, 3.63) is 36.0 Å². The van der Waals surface area contributed by atoms with E-state index in [0.29, 0.717) is 30.4 Å². The van der Waals surface area contributed by atoms with E-state index in [4.69, 9.17) is 9.26 Å². The highest BCUT2D eigenvalue weighted by molar-refractivity contribution is 7.98. The normalized spacial score (nSPS) is 16.7. The van der Waals surface area contributed by atoms with Crippen LogP contribution < -0.4 is 0 Å². The van der Waals surface area contributed by atoms with Gasteiger partial charge in [-0.2, -0.15) is 16.7 Å². The summed E-state index contributed by atoms with van der Waals surface area (Å²) in [4.78, 5) is 4.20. The van der Waals surface area contributed by atoms with Crippen molar-refractivity contribution in [2.24, 2.45) is 5.41 Å². The van der Waals surface area contributed by atoms with Crippen LogP contribution in [-0.4, -0.2) is 40.8 Å². The molecule has 0 unspecified atom stereocenters. The van der Waals surface area contributed by atoms with Gasteiger partial charge >= 0.3 is 0 Å². The quantitative estimate of drug-likeness (QED) is 0.881. The van der Waals surface area contributed by atoms with E-state index in [2.05, 4.69) is 10.1 Å². The van der Waals surface area contributed by atoms with Crippen LogP contribution in [0.4, 0.5) is 4.39 Å². The van der Waals surface area contributed by atoms with Crippen molar-refractivity contribution in [1.82, 2.24) is 10.1 Å². The maximum absolute atomic E-state index is 13.6. The molecule has 0 aliphatic carbocycles. The fourth-order valence-corrected chi connectivity index (χ4v) is 3.12. The summed E-state index contributed by atoms with van der Waals surface area (Å²) in [7, 11) is 0. The van der Waals surface area contributed by atoms with Crippen molar-refractivity contribution >= 4 is 11.8 Å². The van der Waals surface area contributed by atoms with Gasteiger partial charge in [0, 0.05) is 11.2 Å². The van der Waals surface area contributed by atoms with Crippen molar-refractivity contribution in [3.8, 4) is 11.4 Å². The number of hydrogen-bond acceptors (Lipinski definition) is 6. The van der Waals surface area contributed by atoms with E-state index in [1.807, 2.05) is 0 Å². The van der Waals surface area contributed by atoms with Crippen LogP contribution in [0.5, 0.6) is 0 Å². The molecule has 0 bridgehead atoms. The Bertz CT molecular complexity index is 610. The van der Waals surface area contributed by atoms with Gasteiger partial charge in [-0.1, -0.05) is 17.3 Å². The van der Waals surface area contributed by atoms with E-state index in [0.717, 1.165) is 5.75 Å². The van der Waals surface area contributed by atoms with Crippen molar-refractivity contribution in [1.29, 1.82) is 0 Å². The zero-order chi connectivity index (χ0) is 14.7. The van der Waals surface area contributed by atoms with Crippen LogP contribution in [0.2, 0.25) is 0 Å². The number of hydrogen-bond donors (Lipinski definition) is 1. The van der Waals surface area contributed by atoms with E-state index >= 15 is 0 Å². The van der Waals surface area contributed by atoms with Crippen LogP contribution >= 0.6 is 11.8 Å². The molecule has 5 nitrogen and oxygen atoms in total. The van der Waals surface area contributed by atoms with Crippen molar-refractivity contribution in [2.75, 3.05) is 25.6 Å². The second-order valence-corrected chi connectivity index (χ2v) is 6.12.